The molecule has 1 atom stereocenters. The van der Waals surface area contributed by atoms with Crippen LogP contribution in [-0.4, -0.2) is 24.8 Å². The van der Waals surface area contributed by atoms with E-state index in [0.717, 1.165) is 35.4 Å². The number of ether oxygens (including phenoxy) is 1. The van der Waals surface area contributed by atoms with Gasteiger partial charge in [0.1, 0.15) is 5.75 Å². The van der Waals surface area contributed by atoms with Crippen LogP contribution in [0.5, 0.6) is 5.75 Å². The van der Waals surface area contributed by atoms with E-state index in [1.54, 1.807) is 7.11 Å². The fourth-order valence-electron chi connectivity index (χ4n) is 2.06. The summed E-state index contributed by atoms with van der Waals surface area (Å²) in [5, 5.41) is 13.5. The first kappa shape index (κ1) is 15.0. The van der Waals surface area contributed by atoms with Crippen LogP contribution in [-0.2, 0) is 0 Å². The Hall–Kier alpha value is -1.06. The fraction of sp³-hybridized carbons (Fsp3) is 0.600. The summed E-state index contributed by atoms with van der Waals surface area (Å²) in [6.45, 7) is 9.09. The molecule has 1 aromatic rings. The van der Waals surface area contributed by atoms with E-state index in [0.29, 0.717) is 6.04 Å². The van der Waals surface area contributed by atoms with Crippen LogP contribution in [0.15, 0.2) is 12.1 Å². The highest BCUT2D eigenvalue weighted by Crippen LogP contribution is 2.28. The molecule has 3 nitrogen and oxygen atoms in total. The minimum absolute atomic E-state index is 0.416. The van der Waals surface area contributed by atoms with Crippen molar-refractivity contribution >= 4 is 0 Å². The van der Waals surface area contributed by atoms with Gasteiger partial charge < -0.3 is 15.2 Å². The summed E-state index contributed by atoms with van der Waals surface area (Å²) in [5.41, 5.74) is 3.22. The van der Waals surface area contributed by atoms with Crippen LogP contribution in [0.3, 0.4) is 0 Å². The molecular formula is C15H25NO2. The second-order valence-electron chi connectivity index (χ2n) is 5.02. The Labute approximate surface area is 110 Å². The van der Waals surface area contributed by atoms with Gasteiger partial charge in [0.05, 0.1) is 13.2 Å². The molecule has 2 N–H and O–H groups in total. The lowest BCUT2D eigenvalue weighted by Gasteiger charge is -2.18. The van der Waals surface area contributed by atoms with Gasteiger partial charge >= 0.3 is 0 Å². The van der Waals surface area contributed by atoms with Crippen molar-refractivity contribution in [3.05, 3.63) is 28.8 Å². The van der Waals surface area contributed by atoms with Crippen LogP contribution in [0.1, 0.15) is 43.1 Å². The summed E-state index contributed by atoms with van der Waals surface area (Å²) in [6.07, 6.45) is 0.311. The molecule has 0 spiro atoms. The highest BCUT2D eigenvalue weighted by Gasteiger charge is 2.13. The third-order valence-electron chi connectivity index (χ3n) is 3.33. The maximum Gasteiger partial charge on any atom is 0.122 e. The lowest BCUT2D eigenvalue weighted by molar-refractivity contribution is 0.165. The quantitative estimate of drug-likeness (QED) is 0.817. The molecule has 0 bridgehead atoms. The molecule has 0 aliphatic rings. The summed E-state index contributed by atoms with van der Waals surface area (Å²) in [5.74, 6) is 0.878. The number of benzene rings is 1. The van der Waals surface area contributed by atoms with Crippen molar-refractivity contribution in [3.8, 4) is 5.75 Å². The lowest BCUT2D eigenvalue weighted by atomic mass is 9.96. The van der Waals surface area contributed by atoms with Crippen LogP contribution in [0.25, 0.3) is 0 Å². The number of hydrogen-bond donors (Lipinski definition) is 2. The minimum atomic E-state index is -0.416. The number of methoxy groups -OCH3 is 1. The Morgan fingerprint density at radius 1 is 1.22 bits per heavy atom. The van der Waals surface area contributed by atoms with Gasteiger partial charge in [-0.25, -0.2) is 0 Å². The van der Waals surface area contributed by atoms with E-state index in [1.165, 1.54) is 0 Å². The van der Waals surface area contributed by atoms with Crippen LogP contribution in [0, 0.1) is 13.8 Å². The van der Waals surface area contributed by atoms with Gasteiger partial charge in [0, 0.05) is 6.04 Å². The average Bonchev–Trinajstić information content (AvgIpc) is 2.32. The smallest absolute Gasteiger partial charge is 0.122 e. The van der Waals surface area contributed by atoms with E-state index in [1.807, 2.05) is 26.0 Å². The number of rotatable bonds is 6. The molecule has 18 heavy (non-hydrogen) atoms. The standard InChI is InChI=1S/C15H25NO2/c1-10(2)16-9-8-14(17)13-6-7-15(18-5)12(4)11(13)3/h6-7,10,14,16-17H,8-9H2,1-5H3. The number of nitrogens with one attached hydrogen (secondary N) is 1. The highest BCUT2D eigenvalue weighted by molar-refractivity contribution is 5.44. The minimum Gasteiger partial charge on any atom is -0.496 e. The second-order valence-corrected chi connectivity index (χ2v) is 5.02. The first-order valence-corrected chi connectivity index (χ1v) is 6.53. The zero-order chi connectivity index (χ0) is 13.7. The van der Waals surface area contributed by atoms with Crippen LogP contribution in [0.4, 0.5) is 0 Å². The summed E-state index contributed by atoms with van der Waals surface area (Å²) < 4.78 is 5.28. The van der Waals surface area contributed by atoms with Crippen molar-refractivity contribution < 1.29 is 9.84 Å². The largest absolute Gasteiger partial charge is 0.496 e. The Kier molecular flexibility index (Phi) is 5.63. The molecule has 0 saturated heterocycles. The molecule has 1 rings (SSSR count). The topological polar surface area (TPSA) is 41.5 Å². The third kappa shape index (κ3) is 3.72. The van der Waals surface area contributed by atoms with Gasteiger partial charge in [-0.05, 0) is 49.6 Å². The molecule has 0 saturated carbocycles. The van der Waals surface area contributed by atoms with Crippen molar-refractivity contribution in [1.29, 1.82) is 0 Å². The molecule has 0 aliphatic carbocycles. The Balaban J connectivity index is 2.74. The monoisotopic (exact) mass is 251 g/mol. The predicted octanol–water partition coefficient (Wildman–Crippen LogP) is 2.73. The SMILES string of the molecule is COc1ccc(C(O)CCNC(C)C)c(C)c1C. The van der Waals surface area contributed by atoms with E-state index >= 15 is 0 Å². The normalized spacial score (nSPS) is 12.8. The van der Waals surface area contributed by atoms with Gasteiger partial charge in [0.25, 0.3) is 0 Å². The van der Waals surface area contributed by atoms with Crippen molar-refractivity contribution in [2.75, 3.05) is 13.7 Å². The average molecular weight is 251 g/mol. The predicted molar refractivity (Wildman–Crippen MR) is 75.2 cm³/mol. The molecule has 102 valence electrons. The van der Waals surface area contributed by atoms with E-state index in [2.05, 4.69) is 19.2 Å². The molecule has 0 fully saturated rings. The van der Waals surface area contributed by atoms with Gasteiger partial charge in [-0.2, -0.15) is 0 Å². The lowest BCUT2D eigenvalue weighted by Crippen LogP contribution is -2.25. The van der Waals surface area contributed by atoms with Crippen LogP contribution < -0.4 is 10.1 Å². The number of aliphatic hydroxyl groups excluding tert-OH is 1. The molecule has 3 heteroatoms. The zero-order valence-electron chi connectivity index (χ0n) is 12.1. The second kappa shape index (κ2) is 6.76. The van der Waals surface area contributed by atoms with Crippen LogP contribution in [0.2, 0.25) is 0 Å². The van der Waals surface area contributed by atoms with Gasteiger partial charge in [-0.15, -0.1) is 0 Å². The van der Waals surface area contributed by atoms with Crippen LogP contribution >= 0.6 is 0 Å². The summed E-state index contributed by atoms with van der Waals surface area (Å²) in [7, 11) is 1.67. The van der Waals surface area contributed by atoms with Gasteiger partial charge in [0.15, 0.2) is 0 Å². The van der Waals surface area contributed by atoms with E-state index < -0.39 is 6.10 Å². The van der Waals surface area contributed by atoms with Crippen molar-refractivity contribution in [2.24, 2.45) is 0 Å². The van der Waals surface area contributed by atoms with Gasteiger partial charge in [-0.3, -0.25) is 0 Å². The highest BCUT2D eigenvalue weighted by atomic mass is 16.5. The molecule has 0 aromatic heterocycles. The van der Waals surface area contributed by atoms with E-state index in [4.69, 9.17) is 4.74 Å². The molecular weight excluding hydrogens is 226 g/mol. The molecule has 1 aromatic carbocycles. The summed E-state index contributed by atoms with van der Waals surface area (Å²) in [6, 6.07) is 4.34. The van der Waals surface area contributed by atoms with Crippen molar-refractivity contribution in [2.45, 2.75) is 46.3 Å². The Morgan fingerprint density at radius 3 is 2.44 bits per heavy atom. The molecule has 0 heterocycles. The third-order valence-corrected chi connectivity index (χ3v) is 3.33. The zero-order valence-corrected chi connectivity index (χ0v) is 12.1. The van der Waals surface area contributed by atoms with Crippen molar-refractivity contribution in [1.82, 2.24) is 5.32 Å². The van der Waals surface area contributed by atoms with E-state index in [9.17, 15) is 5.11 Å². The summed E-state index contributed by atoms with van der Waals surface area (Å²) >= 11 is 0. The Morgan fingerprint density at radius 2 is 1.89 bits per heavy atom. The number of aliphatic hydroxyl groups is 1. The Bertz CT molecular complexity index is 388. The maximum atomic E-state index is 10.2. The van der Waals surface area contributed by atoms with Crippen molar-refractivity contribution in [3.63, 3.8) is 0 Å². The first-order chi connectivity index (χ1) is 8.47. The van der Waals surface area contributed by atoms with Gasteiger partial charge in [0.2, 0.25) is 0 Å². The first-order valence-electron chi connectivity index (χ1n) is 6.53. The maximum absolute atomic E-state index is 10.2. The van der Waals surface area contributed by atoms with E-state index in [-0.39, 0.29) is 0 Å². The van der Waals surface area contributed by atoms with Gasteiger partial charge in [-0.1, -0.05) is 19.9 Å². The molecule has 0 aliphatic heterocycles. The molecule has 0 radical (unpaired) electrons. The number of hydrogen-bond acceptors (Lipinski definition) is 3. The fourth-order valence-corrected chi connectivity index (χ4v) is 2.06. The summed E-state index contributed by atoms with van der Waals surface area (Å²) in [4.78, 5) is 0. The molecule has 1 unspecified atom stereocenters. The molecule has 0 amide bonds.